The highest BCUT2D eigenvalue weighted by Crippen LogP contribution is 2.24. The van der Waals surface area contributed by atoms with E-state index < -0.39 is 0 Å². The lowest BCUT2D eigenvalue weighted by Gasteiger charge is -2.28. The van der Waals surface area contributed by atoms with Crippen LogP contribution in [-0.2, 0) is 4.79 Å². The van der Waals surface area contributed by atoms with Crippen LogP contribution in [0.4, 0.5) is 4.39 Å². The third-order valence-electron chi connectivity index (χ3n) is 4.02. The van der Waals surface area contributed by atoms with Gasteiger partial charge in [-0.3, -0.25) is 4.79 Å². The average molecular weight is 294 g/mol. The summed E-state index contributed by atoms with van der Waals surface area (Å²) in [6, 6.07) is 6.52. The van der Waals surface area contributed by atoms with E-state index in [0.717, 1.165) is 25.7 Å². The van der Waals surface area contributed by atoms with E-state index in [4.69, 9.17) is 10.5 Å². The van der Waals surface area contributed by atoms with Gasteiger partial charge in [-0.25, -0.2) is 4.39 Å². The summed E-state index contributed by atoms with van der Waals surface area (Å²) in [5, 5.41) is 0. The molecule has 1 amide bonds. The molecule has 0 bridgehead atoms. The minimum atomic E-state index is -0.382. The molecule has 21 heavy (non-hydrogen) atoms. The van der Waals surface area contributed by atoms with Crippen LogP contribution >= 0.6 is 0 Å². The van der Waals surface area contributed by atoms with Crippen molar-refractivity contribution in [3.63, 3.8) is 0 Å². The predicted octanol–water partition coefficient (Wildman–Crippen LogP) is 2.18. The molecular formula is C16H23FN2O2. The Labute approximate surface area is 125 Å². The molecular weight excluding hydrogens is 271 g/mol. The second kappa shape index (κ2) is 7.41. The number of ether oxygens (including phenoxy) is 1. The second-order valence-electron chi connectivity index (χ2n) is 5.65. The molecule has 4 nitrogen and oxygen atoms in total. The lowest BCUT2D eigenvalue weighted by Crippen LogP contribution is -2.39. The molecule has 116 valence electrons. The lowest BCUT2D eigenvalue weighted by molar-refractivity contribution is -0.135. The van der Waals surface area contributed by atoms with E-state index in [9.17, 15) is 9.18 Å². The molecule has 1 aliphatic rings. The van der Waals surface area contributed by atoms with Crippen molar-refractivity contribution in [2.75, 3.05) is 20.2 Å². The zero-order valence-corrected chi connectivity index (χ0v) is 12.4. The van der Waals surface area contributed by atoms with Gasteiger partial charge in [0.2, 0.25) is 5.91 Å². The van der Waals surface area contributed by atoms with Crippen LogP contribution in [0.5, 0.6) is 5.75 Å². The number of hydrogen-bond donors (Lipinski definition) is 1. The molecule has 1 fully saturated rings. The van der Waals surface area contributed by atoms with E-state index in [1.807, 2.05) is 0 Å². The molecule has 1 saturated carbocycles. The zero-order valence-electron chi connectivity index (χ0n) is 12.4. The van der Waals surface area contributed by atoms with Crippen molar-refractivity contribution in [1.82, 2.24) is 4.90 Å². The molecule has 2 rings (SSSR count). The van der Waals surface area contributed by atoms with Crippen LogP contribution in [0.3, 0.4) is 0 Å². The topological polar surface area (TPSA) is 55.6 Å². The van der Waals surface area contributed by atoms with Crippen LogP contribution in [0.15, 0.2) is 24.3 Å². The minimum Gasteiger partial charge on any atom is -0.489 e. The highest BCUT2D eigenvalue weighted by Gasteiger charge is 2.26. The smallest absolute Gasteiger partial charge is 0.225 e. The largest absolute Gasteiger partial charge is 0.489 e. The molecule has 0 heterocycles. The average Bonchev–Trinajstić information content (AvgIpc) is 2.49. The van der Waals surface area contributed by atoms with Gasteiger partial charge in [-0.1, -0.05) is 12.1 Å². The van der Waals surface area contributed by atoms with Crippen LogP contribution in [0, 0.1) is 11.7 Å². The van der Waals surface area contributed by atoms with Crippen LogP contribution < -0.4 is 10.5 Å². The first-order valence-electron chi connectivity index (χ1n) is 7.46. The monoisotopic (exact) mass is 294 g/mol. The summed E-state index contributed by atoms with van der Waals surface area (Å²) in [7, 11) is 1.77. The Morgan fingerprint density at radius 1 is 1.33 bits per heavy atom. The Morgan fingerprint density at radius 3 is 2.67 bits per heavy atom. The fourth-order valence-corrected chi connectivity index (χ4v) is 2.64. The van der Waals surface area contributed by atoms with Crippen LogP contribution in [0.1, 0.15) is 25.7 Å². The second-order valence-corrected chi connectivity index (χ2v) is 5.65. The molecule has 0 aromatic heterocycles. The number of benzene rings is 1. The van der Waals surface area contributed by atoms with E-state index in [2.05, 4.69) is 0 Å². The highest BCUT2D eigenvalue weighted by atomic mass is 19.1. The predicted molar refractivity (Wildman–Crippen MR) is 79.5 cm³/mol. The van der Waals surface area contributed by atoms with Crippen molar-refractivity contribution in [2.45, 2.75) is 31.7 Å². The maximum absolute atomic E-state index is 13.4. The van der Waals surface area contributed by atoms with Gasteiger partial charge >= 0.3 is 0 Å². The Hall–Kier alpha value is -1.62. The molecule has 2 N–H and O–H groups in total. The van der Waals surface area contributed by atoms with E-state index in [0.29, 0.717) is 6.54 Å². The number of carbonyl (C=O) groups is 1. The lowest BCUT2D eigenvalue weighted by atomic mass is 9.85. The van der Waals surface area contributed by atoms with Crippen molar-refractivity contribution < 1.29 is 13.9 Å². The van der Waals surface area contributed by atoms with Gasteiger partial charge in [0.05, 0.1) is 6.54 Å². The number of nitrogens with two attached hydrogens (primary N) is 1. The first kappa shape index (κ1) is 15.8. The van der Waals surface area contributed by atoms with E-state index >= 15 is 0 Å². The van der Waals surface area contributed by atoms with Crippen LogP contribution in [-0.4, -0.2) is 37.0 Å². The van der Waals surface area contributed by atoms with Gasteiger partial charge in [-0.05, 0) is 37.8 Å². The van der Waals surface area contributed by atoms with Gasteiger partial charge in [0.1, 0.15) is 6.61 Å². The van der Waals surface area contributed by atoms with Crippen molar-refractivity contribution in [3.8, 4) is 5.75 Å². The van der Waals surface area contributed by atoms with Crippen molar-refractivity contribution >= 4 is 5.91 Å². The van der Waals surface area contributed by atoms with Crippen molar-refractivity contribution in [1.29, 1.82) is 0 Å². The van der Waals surface area contributed by atoms with Crippen molar-refractivity contribution in [3.05, 3.63) is 30.1 Å². The third kappa shape index (κ3) is 4.43. The SMILES string of the molecule is CN(CCOc1ccccc1F)C(=O)C1CCC(N)CC1. The number of nitrogens with zero attached hydrogens (tertiary/aromatic N) is 1. The fourth-order valence-electron chi connectivity index (χ4n) is 2.64. The number of amides is 1. The summed E-state index contributed by atoms with van der Waals surface area (Å²) in [5.74, 6) is 0.0528. The Bertz CT molecular complexity index is 473. The molecule has 0 aliphatic heterocycles. The quantitative estimate of drug-likeness (QED) is 0.905. The molecule has 5 heteroatoms. The molecule has 0 unspecified atom stereocenters. The maximum Gasteiger partial charge on any atom is 0.225 e. The molecule has 1 aliphatic carbocycles. The summed E-state index contributed by atoms with van der Waals surface area (Å²) in [5.41, 5.74) is 5.85. The molecule has 0 spiro atoms. The van der Waals surface area contributed by atoms with Crippen LogP contribution in [0.2, 0.25) is 0 Å². The first-order valence-corrected chi connectivity index (χ1v) is 7.46. The van der Waals surface area contributed by atoms with Gasteiger partial charge in [-0.15, -0.1) is 0 Å². The Morgan fingerprint density at radius 2 is 2.00 bits per heavy atom. The van der Waals surface area contributed by atoms with E-state index in [1.54, 1.807) is 30.1 Å². The number of carbonyl (C=O) groups excluding carboxylic acids is 1. The normalized spacial score (nSPS) is 21.9. The zero-order chi connectivity index (χ0) is 15.2. The molecule has 0 saturated heterocycles. The fraction of sp³-hybridized carbons (Fsp3) is 0.562. The number of rotatable bonds is 5. The highest BCUT2D eigenvalue weighted by molar-refractivity contribution is 5.78. The minimum absolute atomic E-state index is 0.0725. The van der Waals surface area contributed by atoms with E-state index in [-0.39, 0.29) is 36.0 Å². The number of hydrogen-bond acceptors (Lipinski definition) is 3. The molecule has 1 aromatic rings. The Kier molecular flexibility index (Phi) is 5.56. The maximum atomic E-state index is 13.4. The van der Waals surface area contributed by atoms with Crippen molar-refractivity contribution in [2.24, 2.45) is 11.7 Å². The summed E-state index contributed by atoms with van der Waals surface area (Å²) in [6.07, 6.45) is 3.54. The Balaban J connectivity index is 1.75. The van der Waals surface area contributed by atoms with E-state index in [1.165, 1.54) is 6.07 Å². The number of likely N-dealkylation sites (N-methyl/N-ethyl adjacent to an activating group) is 1. The van der Waals surface area contributed by atoms with Crippen LogP contribution in [0.25, 0.3) is 0 Å². The standard InChI is InChI=1S/C16H23FN2O2/c1-19(16(20)12-6-8-13(18)9-7-12)10-11-21-15-5-3-2-4-14(15)17/h2-5,12-13H,6-11,18H2,1H3. The van der Waals surface area contributed by atoms with Gasteiger partial charge in [-0.2, -0.15) is 0 Å². The summed E-state index contributed by atoms with van der Waals surface area (Å²) >= 11 is 0. The molecule has 0 atom stereocenters. The van der Waals surface area contributed by atoms with Gasteiger partial charge in [0, 0.05) is 19.0 Å². The van der Waals surface area contributed by atoms with Gasteiger partial charge < -0.3 is 15.4 Å². The summed E-state index contributed by atoms with van der Waals surface area (Å²) < 4.78 is 18.8. The first-order chi connectivity index (χ1) is 10.1. The summed E-state index contributed by atoms with van der Waals surface area (Å²) in [4.78, 5) is 13.9. The molecule has 0 radical (unpaired) electrons. The van der Waals surface area contributed by atoms with Gasteiger partial charge in [0.15, 0.2) is 11.6 Å². The molecule has 1 aromatic carbocycles. The number of para-hydroxylation sites is 1. The number of halogens is 1. The summed E-state index contributed by atoms with van der Waals surface area (Å²) in [6.45, 7) is 0.741. The third-order valence-corrected chi connectivity index (χ3v) is 4.02. The van der Waals surface area contributed by atoms with Gasteiger partial charge in [0.25, 0.3) is 0 Å².